The summed E-state index contributed by atoms with van der Waals surface area (Å²) in [4.78, 5) is 0. The predicted molar refractivity (Wildman–Crippen MR) is 55.1 cm³/mol. The average Bonchev–Trinajstić information content (AvgIpc) is 2.50. The van der Waals surface area contributed by atoms with Crippen LogP contribution in [0.5, 0.6) is 0 Å². The molecule has 1 unspecified atom stereocenters. The van der Waals surface area contributed by atoms with Gasteiger partial charge in [-0.3, -0.25) is 0 Å². The molecule has 1 atom stereocenters. The molecule has 0 saturated carbocycles. The number of hydrogen-bond donors (Lipinski definition) is 1. The highest BCUT2D eigenvalue weighted by Crippen LogP contribution is 2.38. The van der Waals surface area contributed by atoms with Crippen LogP contribution in [0.2, 0.25) is 0 Å². The van der Waals surface area contributed by atoms with E-state index in [9.17, 15) is 0 Å². The van der Waals surface area contributed by atoms with E-state index in [1.54, 1.807) is 0 Å². The van der Waals surface area contributed by atoms with Gasteiger partial charge < -0.3 is 14.8 Å². The molecule has 0 aromatic heterocycles. The Hall–Kier alpha value is -0.120. The third-order valence-electron chi connectivity index (χ3n) is 3.19. The Morgan fingerprint density at radius 2 is 1.86 bits per heavy atom. The molecule has 14 heavy (non-hydrogen) atoms. The molecule has 0 amide bonds. The van der Waals surface area contributed by atoms with Crippen molar-refractivity contribution in [1.82, 2.24) is 5.32 Å². The van der Waals surface area contributed by atoms with Crippen molar-refractivity contribution in [3.63, 3.8) is 0 Å². The van der Waals surface area contributed by atoms with Gasteiger partial charge >= 0.3 is 0 Å². The van der Waals surface area contributed by atoms with Crippen LogP contribution >= 0.6 is 0 Å². The maximum atomic E-state index is 6.09. The van der Waals surface area contributed by atoms with Gasteiger partial charge in [-0.1, -0.05) is 20.8 Å². The van der Waals surface area contributed by atoms with Crippen LogP contribution in [0.15, 0.2) is 0 Å². The molecule has 2 aliphatic heterocycles. The Bertz CT molecular complexity index is 204. The number of nitrogens with one attached hydrogen (secondary N) is 1. The summed E-state index contributed by atoms with van der Waals surface area (Å²) in [6.45, 7) is 9.40. The monoisotopic (exact) mass is 199 g/mol. The van der Waals surface area contributed by atoms with Crippen molar-refractivity contribution in [2.45, 2.75) is 45.5 Å². The van der Waals surface area contributed by atoms with Crippen molar-refractivity contribution < 1.29 is 9.47 Å². The second-order valence-corrected chi connectivity index (χ2v) is 5.44. The van der Waals surface area contributed by atoms with Crippen molar-refractivity contribution in [2.75, 3.05) is 19.7 Å². The van der Waals surface area contributed by atoms with E-state index in [2.05, 4.69) is 26.1 Å². The Morgan fingerprint density at radius 3 is 2.36 bits per heavy atom. The van der Waals surface area contributed by atoms with E-state index < -0.39 is 0 Å². The third kappa shape index (κ3) is 1.95. The maximum absolute atomic E-state index is 6.09. The molecule has 2 saturated heterocycles. The van der Waals surface area contributed by atoms with E-state index in [1.165, 1.54) is 0 Å². The molecule has 1 spiro atoms. The van der Waals surface area contributed by atoms with Gasteiger partial charge in [0.2, 0.25) is 0 Å². The van der Waals surface area contributed by atoms with Gasteiger partial charge in [-0.05, 0) is 5.41 Å². The zero-order valence-corrected chi connectivity index (χ0v) is 9.43. The second kappa shape index (κ2) is 3.47. The fourth-order valence-electron chi connectivity index (χ4n) is 2.05. The molecule has 2 fully saturated rings. The summed E-state index contributed by atoms with van der Waals surface area (Å²) >= 11 is 0. The van der Waals surface area contributed by atoms with Crippen molar-refractivity contribution in [2.24, 2.45) is 5.41 Å². The summed E-state index contributed by atoms with van der Waals surface area (Å²) < 4.78 is 12.0. The number of rotatable bonds is 0. The van der Waals surface area contributed by atoms with E-state index >= 15 is 0 Å². The maximum Gasteiger partial charge on any atom is 0.171 e. The van der Waals surface area contributed by atoms with Crippen LogP contribution in [0.1, 0.15) is 33.6 Å². The van der Waals surface area contributed by atoms with Gasteiger partial charge in [0.25, 0.3) is 0 Å². The lowest BCUT2D eigenvalue weighted by Gasteiger charge is -2.34. The molecule has 2 rings (SSSR count). The molecule has 1 N–H and O–H groups in total. The van der Waals surface area contributed by atoms with Crippen molar-refractivity contribution in [1.29, 1.82) is 0 Å². The van der Waals surface area contributed by atoms with Crippen LogP contribution in [-0.4, -0.2) is 31.6 Å². The Kier molecular flexibility index (Phi) is 2.58. The van der Waals surface area contributed by atoms with Crippen LogP contribution in [0.4, 0.5) is 0 Å². The molecule has 0 aromatic rings. The smallest absolute Gasteiger partial charge is 0.171 e. The fourth-order valence-corrected chi connectivity index (χ4v) is 2.05. The SMILES string of the molecule is CC(C)(C)C1COC2(CCNCC2)O1. The lowest BCUT2D eigenvalue weighted by molar-refractivity contribution is -0.191. The Labute approximate surface area is 86.2 Å². The Morgan fingerprint density at radius 1 is 1.21 bits per heavy atom. The topological polar surface area (TPSA) is 30.5 Å². The molecule has 82 valence electrons. The minimum atomic E-state index is -0.261. The van der Waals surface area contributed by atoms with E-state index in [0.29, 0.717) is 0 Å². The Balaban J connectivity index is 1.99. The lowest BCUT2D eigenvalue weighted by atomic mass is 9.89. The highest BCUT2D eigenvalue weighted by molar-refractivity contribution is 4.88. The number of piperidine rings is 1. The van der Waals surface area contributed by atoms with Gasteiger partial charge in [0.1, 0.15) is 0 Å². The molecule has 0 aliphatic carbocycles. The van der Waals surface area contributed by atoms with Crippen molar-refractivity contribution in [3.05, 3.63) is 0 Å². The van der Waals surface area contributed by atoms with Crippen LogP contribution in [0.3, 0.4) is 0 Å². The quantitative estimate of drug-likeness (QED) is 0.641. The van der Waals surface area contributed by atoms with Gasteiger partial charge in [-0.15, -0.1) is 0 Å². The largest absolute Gasteiger partial charge is 0.347 e. The average molecular weight is 199 g/mol. The molecule has 0 bridgehead atoms. The minimum Gasteiger partial charge on any atom is -0.347 e. The highest BCUT2D eigenvalue weighted by Gasteiger charge is 2.45. The van der Waals surface area contributed by atoms with Gasteiger partial charge in [0, 0.05) is 25.9 Å². The first-order valence-corrected chi connectivity index (χ1v) is 5.54. The van der Waals surface area contributed by atoms with Gasteiger partial charge in [0.15, 0.2) is 5.79 Å². The molecule has 2 heterocycles. The summed E-state index contributed by atoms with van der Waals surface area (Å²) in [5.41, 5.74) is 0.189. The molecule has 3 nitrogen and oxygen atoms in total. The van der Waals surface area contributed by atoms with Gasteiger partial charge in [-0.2, -0.15) is 0 Å². The molecule has 0 radical (unpaired) electrons. The summed E-state index contributed by atoms with van der Waals surface area (Å²) in [7, 11) is 0. The fraction of sp³-hybridized carbons (Fsp3) is 1.00. The van der Waals surface area contributed by atoms with E-state index in [-0.39, 0.29) is 17.3 Å². The van der Waals surface area contributed by atoms with E-state index in [4.69, 9.17) is 9.47 Å². The van der Waals surface area contributed by atoms with Crippen LogP contribution in [-0.2, 0) is 9.47 Å². The highest BCUT2D eigenvalue weighted by atomic mass is 16.7. The van der Waals surface area contributed by atoms with Crippen LogP contribution in [0, 0.1) is 5.41 Å². The minimum absolute atomic E-state index is 0.189. The first-order chi connectivity index (χ1) is 6.52. The first-order valence-electron chi connectivity index (χ1n) is 5.54. The lowest BCUT2D eigenvalue weighted by Crippen LogP contribution is -2.44. The van der Waals surface area contributed by atoms with Gasteiger partial charge in [0.05, 0.1) is 12.7 Å². The molecule has 2 aliphatic rings. The second-order valence-electron chi connectivity index (χ2n) is 5.44. The molecular formula is C11H21NO2. The van der Waals surface area contributed by atoms with Crippen LogP contribution < -0.4 is 5.32 Å². The summed E-state index contributed by atoms with van der Waals surface area (Å²) in [5.74, 6) is -0.261. The van der Waals surface area contributed by atoms with Crippen molar-refractivity contribution in [3.8, 4) is 0 Å². The van der Waals surface area contributed by atoms with Crippen molar-refractivity contribution >= 4 is 0 Å². The third-order valence-corrected chi connectivity index (χ3v) is 3.19. The first kappa shape index (κ1) is 10.4. The summed E-state index contributed by atoms with van der Waals surface area (Å²) in [6.07, 6.45) is 2.22. The predicted octanol–water partition coefficient (Wildman–Crippen LogP) is 1.53. The molecular weight excluding hydrogens is 178 g/mol. The van der Waals surface area contributed by atoms with E-state index in [0.717, 1.165) is 32.5 Å². The number of ether oxygens (including phenoxy) is 2. The van der Waals surface area contributed by atoms with Gasteiger partial charge in [-0.25, -0.2) is 0 Å². The van der Waals surface area contributed by atoms with Crippen LogP contribution in [0.25, 0.3) is 0 Å². The summed E-state index contributed by atoms with van der Waals surface area (Å²) in [6, 6.07) is 0. The zero-order chi connectivity index (χ0) is 10.2. The molecule has 3 heteroatoms. The summed E-state index contributed by atoms with van der Waals surface area (Å²) in [5, 5.41) is 3.33. The number of hydrogen-bond acceptors (Lipinski definition) is 3. The molecule has 0 aromatic carbocycles. The standard InChI is InChI=1S/C11H21NO2/c1-10(2,3)9-8-13-11(14-9)4-6-12-7-5-11/h9,12H,4-8H2,1-3H3. The normalized spacial score (nSPS) is 32.4. The zero-order valence-electron chi connectivity index (χ0n) is 9.43. The van der Waals surface area contributed by atoms with E-state index in [1.807, 2.05) is 0 Å².